The first kappa shape index (κ1) is 12.8. The number of amides is 1. The van der Waals surface area contributed by atoms with E-state index in [2.05, 4.69) is 15.3 Å². The zero-order chi connectivity index (χ0) is 14.1. The summed E-state index contributed by atoms with van der Waals surface area (Å²) in [6.45, 7) is 0. The Bertz CT molecular complexity index is 802. The van der Waals surface area contributed by atoms with Crippen LogP contribution in [0.15, 0.2) is 35.8 Å². The summed E-state index contributed by atoms with van der Waals surface area (Å²) >= 11 is 7.31. The van der Waals surface area contributed by atoms with E-state index in [1.165, 1.54) is 11.3 Å². The second kappa shape index (κ2) is 5.07. The quantitative estimate of drug-likeness (QED) is 0.762. The van der Waals surface area contributed by atoms with Gasteiger partial charge in [0.05, 0.1) is 16.2 Å². The highest BCUT2D eigenvalue weighted by molar-refractivity contribution is 7.13. The van der Waals surface area contributed by atoms with Crippen LogP contribution in [0.1, 0.15) is 10.5 Å². The number of benzene rings is 1. The summed E-state index contributed by atoms with van der Waals surface area (Å²) in [5.74, 6) is -0.314. The first-order valence-corrected chi connectivity index (χ1v) is 6.96. The Morgan fingerprint density at radius 3 is 2.95 bits per heavy atom. The normalized spacial score (nSPS) is 10.7. The number of thiazole rings is 1. The van der Waals surface area contributed by atoms with Gasteiger partial charge in [-0.2, -0.15) is 0 Å². The third kappa shape index (κ3) is 2.31. The number of hydrogen-bond acceptors (Lipinski definition) is 5. The number of anilines is 2. The fourth-order valence-corrected chi connectivity index (χ4v) is 2.58. The summed E-state index contributed by atoms with van der Waals surface area (Å²) in [5.41, 5.74) is 7.09. The number of nitrogen functional groups attached to an aromatic ring is 1. The molecule has 3 rings (SSSR count). The van der Waals surface area contributed by atoms with E-state index in [1.54, 1.807) is 29.8 Å². The maximum atomic E-state index is 12.1. The molecule has 5 nitrogen and oxygen atoms in total. The minimum atomic E-state index is -0.314. The Balaban J connectivity index is 1.99. The molecule has 1 amide bonds. The van der Waals surface area contributed by atoms with Gasteiger partial charge < -0.3 is 11.1 Å². The smallest absolute Gasteiger partial charge is 0.275 e. The SMILES string of the molecule is Nc1nc(C(=O)Nc2ccc(Cl)c3ncccc23)cs1. The molecule has 2 heterocycles. The highest BCUT2D eigenvalue weighted by atomic mass is 35.5. The molecule has 0 bridgehead atoms. The molecule has 0 aliphatic carbocycles. The van der Waals surface area contributed by atoms with Crippen molar-refractivity contribution in [1.82, 2.24) is 9.97 Å². The van der Waals surface area contributed by atoms with Crippen LogP contribution >= 0.6 is 22.9 Å². The number of hydrogen-bond donors (Lipinski definition) is 2. The second-order valence-electron chi connectivity index (χ2n) is 4.02. The predicted molar refractivity (Wildman–Crippen MR) is 81.2 cm³/mol. The Labute approximate surface area is 123 Å². The lowest BCUT2D eigenvalue weighted by atomic mass is 10.2. The number of rotatable bonds is 2. The number of aromatic nitrogens is 2. The molecule has 7 heteroatoms. The Kier molecular flexibility index (Phi) is 3.25. The van der Waals surface area contributed by atoms with Crippen molar-refractivity contribution in [3.05, 3.63) is 46.6 Å². The van der Waals surface area contributed by atoms with Gasteiger partial charge in [0.2, 0.25) is 0 Å². The summed E-state index contributed by atoms with van der Waals surface area (Å²) < 4.78 is 0. The van der Waals surface area contributed by atoms with Crippen molar-refractivity contribution < 1.29 is 4.79 Å². The molecule has 3 aromatic rings. The lowest BCUT2D eigenvalue weighted by molar-refractivity contribution is 0.102. The molecule has 100 valence electrons. The monoisotopic (exact) mass is 304 g/mol. The molecule has 20 heavy (non-hydrogen) atoms. The van der Waals surface area contributed by atoms with E-state index < -0.39 is 0 Å². The molecule has 0 atom stereocenters. The number of pyridine rings is 1. The van der Waals surface area contributed by atoms with Crippen LogP contribution in [0.3, 0.4) is 0 Å². The maximum Gasteiger partial charge on any atom is 0.275 e. The van der Waals surface area contributed by atoms with Crippen molar-refractivity contribution in [3.63, 3.8) is 0 Å². The third-order valence-corrected chi connectivity index (χ3v) is 3.70. The van der Waals surface area contributed by atoms with Gasteiger partial charge in [-0.05, 0) is 24.3 Å². The summed E-state index contributed by atoms with van der Waals surface area (Å²) in [6, 6.07) is 7.07. The standard InChI is InChI=1S/C13H9ClN4OS/c14-8-3-4-9(7-2-1-5-16-11(7)8)17-12(19)10-6-20-13(15)18-10/h1-6H,(H2,15,18)(H,17,19). The van der Waals surface area contributed by atoms with E-state index in [-0.39, 0.29) is 5.91 Å². The molecule has 0 aliphatic heterocycles. The number of nitrogens with zero attached hydrogens (tertiary/aromatic N) is 2. The van der Waals surface area contributed by atoms with Crippen molar-refractivity contribution >= 4 is 50.6 Å². The van der Waals surface area contributed by atoms with Gasteiger partial charge in [-0.3, -0.25) is 9.78 Å². The van der Waals surface area contributed by atoms with Crippen LogP contribution in [-0.2, 0) is 0 Å². The summed E-state index contributed by atoms with van der Waals surface area (Å²) in [6.07, 6.45) is 1.65. The van der Waals surface area contributed by atoms with E-state index in [4.69, 9.17) is 17.3 Å². The van der Waals surface area contributed by atoms with Gasteiger partial charge in [0.25, 0.3) is 5.91 Å². The molecule has 0 spiro atoms. The van der Waals surface area contributed by atoms with E-state index in [0.717, 1.165) is 5.39 Å². The maximum absolute atomic E-state index is 12.1. The zero-order valence-corrected chi connectivity index (χ0v) is 11.7. The van der Waals surface area contributed by atoms with Crippen molar-refractivity contribution in [1.29, 1.82) is 0 Å². The average molecular weight is 305 g/mol. The molecular formula is C13H9ClN4OS. The van der Waals surface area contributed by atoms with E-state index in [1.807, 2.05) is 6.07 Å². The van der Waals surface area contributed by atoms with Gasteiger partial charge in [-0.25, -0.2) is 4.98 Å². The lowest BCUT2D eigenvalue weighted by Crippen LogP contribution is -2.12. The largest absolute Gasteiger partial charge is 0.375 e. The first-order valence-electron chi connectivity index (χ1n) is 5.71. The number of halogens is 1. The van der Waals surface area contributed by atoms with Crippen LogP contribution in [0.2, 0.25) is 5.02 Å². The van der Waals surface area contributed by atoms with Gasteiger partial charge in [0.1, 0.15) is 5.69 Å². The predicted octanol–water partition coefficient (Wildman–Crippen LogP) is 3.18. The summed E-state index contributed by atoms with van der Waals surface area (Å²) in [4.78, 5) is 20.2. The van der Waals surface area contributed by atoms with Crippen LogP contribution in [0, 0.1) is 0 Å². The van der Waals surface area contributed by atoms with Crippen LogP contribution in [0.5, 0.6) is 0 Å². The van der Waals surface area contributed by atoms with Crippen molar-refractivity contribution in [2.45, 2.75) is 0 Å². The minimum absolute atomic E-state index is 0.291. The van der Waals surface area contributed by atoms with Gasteiger partial charge in [0.15, 0.2) is 5.13 Å². The molecule has 3 N–H and O–H groups in total. The average Bonchev–Trinajstić information content (AvgIpc) is 2.89. The van der Waals surface area contributed by atoms with Crippen molar-refractivity contribution in [2.24, 2.45) is 0 Å². The molecule has 0 radical (unpaired) electrons. The second-order valence-corrected chi connectivity index (χ2v) is 5.32. The molecule has 0 aliphatic rings. The van der Waals surface area contributed by atoms with Gasteiger partial charge in [-0.1, -0.05) is 11.6 Å². The van der Waals surface area contributed by atoms with E-state index in [0.29, 0.717) is 27.1 Å². The van der Waals surface area contributed by atoms with Crippen molar-refractivity contribution in [3.8, 4) is 0 Å². The van der Waals surface area contributed by atoms with Crippen LogP contribution in [0.4, 0.5) is 10.8 Å². The minimum Gasteiger partial charge on any atom is -0.375 e. The third-order valence-electron chi connectivity index (χ3n) is 2.72. The van der Waals surface area contributed by atoms with Crippen LogP contribution in [0.25, 0.3) is 10.9 Å². The topological polar surface area (TPSA) is 80.9 Å². The lowest BCUT2D eigenvalue weighted by Gasteiger charge is -2.08. The molecule has 0 fully saturated rings. The molecule has 0 unspecified atom stereocenters. The van der Waals surface area contributed by atoms with E-state index >= 15 is 0 Å². The first-order chi connectivity index (χ1) is 9.65. The Morgan fingerprint density at radius 2 is 2.20 bits per heavy atom. The van der Waals surface area contributed by atoms with Crippen molar-refractivity contribution in [2.75, 3.05) is 11.1 Å². The van der Waals surface area contributed by atoms with Gasteiger partial charge in [-0.15, -0.1) is 11.3 Å². The van der Waals surface area contributed by atoms with E-state index in [9.17, 15) is 4.79 Å². The number of carbonyl (C=O) groups excluding carboxylic acids is 1. The molecule has 0 saturated heterocycles. The fourth-order valence-electron chi connectivity index (χ4n) is 1.83. The Morgan fingerprint density at radius 1 is 1.35 bits per heavy atom. The Hall–Kier alpha value is -2.18. The van der Waals surface area contributed by atoms with Gasteiger partial charge in [0, 0.05) is 17.0 Å². The summed E-state index contributed by atoms with van der Waals surface area (Å²) in [7, 11) is 0. The van der Waals surface area contributed by atoms with Crippen LogP contribution < -0.4 is 11.1 Å². The molecule has 1 aromatic carbocycles. The zero-order valence-electron chi connectivity index (χ0n) is 10.1. The fraction of sp³-hybridized carbons (Fsp3) is 0. The highest BCUT2D eigenvalue weighted by Crippen LogP contribution is 2.28. The number of carbonyl (C=O) groups is 1. The molecule has 2 aromatic heterocycles. The summed E-state index contributed by atoms with van der Waals surface area (Å²) in [5, 5.41) is 6.08. The number of nitrogens with one attached hydrogen (secondary N) is 1. The van der Waals surface area contributed by atoms with Crippen LogP contribution in [-0.4, -0.2) is 15.9 Å². The molecule has 0 saturated carbocycles. The number of nitrogens with two attached hydrogens (primary N) is 1. The number of fused-ring (bicyclic) bond motifs is 1. The van der Waals surface area contributed by atoms with Gasteiger partial charge >= 0.3 is 0 Å². The highest BCUT2D eigenvalue weighted by Gasteiger charge is 2.12. The molecular weight excluding hydrogens is 296 g/mol.